The van der Waals surface area contributed by atoms with Gasteiger partial charge in [0, 0.05) is 19.0 Å². The molecule has 1 spiro atoms. The Bertz CT molecular complexity index is 998. The molecule has 0 aliphatic carbocycles. The average Bonchev–Trinajstić information content (AvgIpc) is 3.04. The highest BCUT2D eigenvalue weighted by Crippen LogP contribution is 2.40. The Labute approximate surface area is 161 Å². The minimum absolute atomic E-state index is 0.303. The number of nitrogens with zero attached hydrogens (tertiary/aromatic N) is 3. The molecule has 0 saturated carbocycles. The van der Waals surface area contributed by atoms with Crippen molar-refractivity contribution in [3.63, 3.8) is 0 Å². The zero-order valence-electron chi connectivity index (χ0n) is 15.9. The van der Waals surface area contributed by atoms with E-state index in [0.717, 1.165) is 10.6 Å². The van der Waals surface area contributed by atoms with Crippen LogP contribution in [0.3, 0.4) is 0 Å². The molecule has 0 unspecified atom stereocenters. The summed E-state index contributed by atoms with van der Waals surface area (Å²) in [4.78, 5) is 39.2. The molecule has 2 aliphatic heterocycles. The molecule has 1 saturated heterocycles. The van der Waals surface area contributed by atoms with Crippen molar-refractivity contribution in [1.82, 2.24) is 20.0 Å². The first kappa shape index (κ1) is 18.0. The number of hydrogen-bond acceptors (Lipinski definition) is 5. The highest BCUT2D eigenvalue weighted by atomic mass is 16.5. The number of nitrogens with one attached hydrogen (secondary N) is 2. The zero-order chi connectivity index (χ0) is 20.1. The Kier molecular flexibility index (Phi) is 4.10. The number of aromatic nitrogens is 2. The molecule has 1 aromatic carbocycles. The van der Waals surface area contributed by atoms with Gasteiger partial charge in [-0.3, -0.25) is 19.2 Å². The summed E-state index contributed by atoms with van der Waals surface area (Å²) in [5, 5.41) is 9.79. The number of carbonyl (C=O) groups excluding carboxylic acids is 3. The molecular formula is C19H21N5O4. The molecule has 146 valence electrons. The van der Waals surface area contributed by atoms with E-state index in [1.54, 1.807) is 36.9 Å². The topological polar surface area (TPSA) is 106 Å². The Morgan fingerprint density at radius 3 is 2.79 bits per heavy atom. The summed E-state index contributed by atoms with van der Waals surface area (Å²) < 4.78 is 7.27. The highest BCUT2D eigenvalue weighted by Gasteiger charge is 2.55. The first-order chi connectivity index (χ1) is 13.3. The van der Waals surface area contributed by atoms with Gasteiger partial charge in [0.05, 0.1) is 23.7 Å². The Morgan fingerprint density at radius 2 is 2.07 bits per heavy atom. The van der Waals surface area contributed by atoms with Crippen molar-refractivity contribution >= 4 is 23.5 Å². The Hall–Kier alpha value is -3.36. The van der Waals surface area contributed by atoms with Crippen molar-refractivity contribution in [2.24, 2.45) is 7.05 Å². The van der Waals surface area contributed by atoms with Crippen LogP contribution in [0, 0.1) is 13.8 Å². The van der Waals surface area contributed by atoms with E-state index >= 15 is 0 Å². The second-order valence-corrected chi connectivity index (χ2v) is 7.04. The molecule has 1 atom stereocenters. The van der Waals surface area contributed by atoms with Crippen LogP contribution in [-0.4, -0.2) is 45.7 Å². The molecule has 9 nitrogen and oxygen atoms in total. The summed E-state index contributed by atoms with van der Waals surface area (Å²) in [6.07, 6.45) is 0.313. The smallest absolute Gasteiger partial charge is 0.325 e. The lowest BCUT2D eigenvalue weighted by atomic mass is 9.84. The number of hydrogen-bond donors (Lipinski definition) is 2. The first-order valence-electron chi connectivity index (χ1n) is 9.00. The van der Waals surface area contributed by atoms with Crippen LogP contribution in [0.1, 0.15) is 23.4 Å². The second kappa shape index (κ2) is 6.36. The van der Waals surface area contributed by atoms with Gasteiger partial charge >= 0.3 is 6.03 Å². The molecule has 0 bridgehead atoms. The van der Waals surface area contributed by atoms with Crippen molar-refractivity contribution in [1.29, 1.82) is 0 Å². The number of anilines is 1. The van der Waals surface area contributed by atoms with Gasteiger partial charge < -0.3 is 15.4 Å². The average molecular weight is 383 g/mol. The van der Waals surface area contributed by atoms with E-state index in [1.165, 1.54) is 0 Å². The summed E-state index contributed by atoms with van der Waals surface area (Å²) in [5.41, 5.74) is 1.47. The van der Waals surface area contributed by atoms with Crippen LogP contribution >= 0.6 is 0 Å². The van der Waals surface area contributed by atoms with Gasteiger partial charge in [0.2, 0.25) is 5.91 Å². The minimum Gasteiger partial charge on any atom is -0.493 e. The Balaban J connectivity index is 1.57. The Morgan fingerprint density at radius 1 is 1.32 bits per heavy atom. The fourth-order valence-corrected chi connectivity index (χ4v) is 3.79. The second-order valence-electron chi connectivity index (χ2n) is 7.04. The molecule has 28 heavy (non-hydrogen) atoms. The van der Waals surface area contributed by atoms with Crippen LogP contribution in [-0.2, 0) is 22.2 Å². The maximum atomic E-state index is 13.2. The third kappa shape index (κ3) is 2.62. The van der Waals surface area contributed by atoms with E-state index in [1.807, 2.05) is 13.0 Å². The van der Waals surface area contributed by atoms with E-state index in [-0.39, 0.29) is 6.54 Å². The molecule has 1 fully saturated rings. The standard InChI is InChI=1S/C19H21N5O4/c1-11-16(12(2)23(3)22-11)20-15(25)10-24-17(26)19(21-18(24)27)8-9-28-14-7-5-4-6-13(14)19/h4-7H,8-10H2,1-3H3,(H,20,25)(H,21,27)/t19-/m0/s1. The predicted molar refractivity (Wildman–Crippen MR) is 99.8 cm³/mol. The summed E-state index contributed by atoms with van der Waals surface area (Å²) in [7, 11) is 1.78. The summed E-state index contributed by atoms with van der Waals surface area (Å²) in [5.74, 6) is -0.335. The number of imide groups is 1. The fraction of sp³-hybridized carbons (Fsp3) is 0.368. The number of aryl methyl sites for hydroxylation is 2. The van der Waals surface area contributed by atoms with E-state index in [4.69, 9.17) is 4.74 Å². The maximum absolute atomic E-state index is 13.2. The van der Waals surface area contributed by atoms with Gasteiger partial charge in [-0.15, -0.1) is 0 Å². The SMILES string of the molecule is Cc1nn(C)c(C)c1NC(=O)CN1C(=O)N[C@]2(CCOc3ccccc32)C1=O. The summed E-state index contributed by atoms with van der Waals surface area (Å²) >= 11 is 0. The van der Waals surface area contributed by atoms with Gasteiger partial charge in [-0.1, -0.05) is 18.2 Å². The largest absolute Gasteiger partial charge is 0.493 e. The van der Waals surface area contributed by atoms with Crippen LogP contribution < -0.4 is 15.4 Å². The third-order valence-corrected chi connectivity index (χ3v) is 5.33. The third-order valence-electron chi connectivity index (χ3n) is 5.33. The van der Waals surface area contributed by atoms with E-state index in [0.29, 0.717) is 35.7 Å². The van der Waals surface area contributed by atoms with E-state index in [2.05, 4.69) is 15.7 Å². The quantitative estimate of drug-likeness (QED) is 0.775. The lowest BCUT2D eigenvalue weighted by Gasteiger charge is -2.33. The van der Waals surface area contributed by atoms with Gasteiger partial charge in [-0.25, -0.2) is 4.79 Å². The predicted octanol–water partition coefficient (Wildman–Crippen LogP) is 1.21. The van der Waals surface area contributed by atoms with Crippen LogP contribution in [0.2, 0.25) is 0 Å². The molecule has 9 heteroatoms. The molecular weight excluding hydrogens is 362 g/mol. The van der Waals surface area contributed by atoms with Gasteiger partial charge in [0.15, 0.2) is 5.54 Å². The fourth-order valence-electron chi connectivity index (χ4n) is 3.79. The van der Waals surface area contributed by atoms with Crippen LogP contribution in [0.5, 0.6) is 5.75 Å². The molecule has 1 aromatic heterocycles. The van der Waals surface area contributed by atoms with Gasteiger partial charge in [0.1, 0.15) is 12.3 Å². The van der Waals surface area contributed by atoms with Crippen molar-refractivity contribution in [3.8, 4) is 5.75 Å². The van der Waals surface area contributed by atoms with Crippen molar-refractivity contribution in [2.75, 3.05) is 18.5 Å². The van der Waals surface area contributed by atoms with E-state index in [9.17, 15) is 14.4 Å². The van der Waals surface area contributed by atoms with Crippen molar-refractivity contribution < 1.29 is 19.1 Å². The van der Waals surface area contributed by atoms with Crippen LogP contribution in [0.4, 0.5) is 10.5 Å². The molecule has 0 radical (unpaired) electrons. The molecule has 2 N–H and O–H groups in total. The number of urea groups is 1. The summed E-state index contributed by atoms with van der Waals surface area (Å²) in [6.45, 7) is 3.54. The van der Waals surface area contributed by atoms with Crippen LogP contribution in [0.25, 0.3) is 0 Å². The summed E-state index contributed by atoms with van der Waals surface area (Å²) in [6, 6.07) is 6.54. The molecule has 2 aromatic rings. The normalized spacial score (nSPS) is 20.8. The zero-order valence-corrected chi connectivity index (χ0v) is 15.9. The first-order valence-corrected chi connectivity index (χ1v) is 9.00. The monoisotopic (exact) mass is 383 g/mol. The number of amides is 4. The maximum Gasteiger partial charge on any atom is 0.325 e. The lowest BCUT2D eigenvalue weighted by Crippen LogP contribution is -2.48. The van der Waals surface area contributed by atoms with Gasteiger partial charge in [-0.05, 0) is 19.9 Å². The number of benzene rings is 1. The minimum atomic E-state index is -1.19. The number of para-hydroxylation sites is 1. The lowest BCUT2D eigenvalue weighted by molar-refractivity contribution is -0.135. The molecule has 4 rings (SSSR count). The highest BCUT2D eigenvalue weighted by molar-refractivity contribution is 6.10. The molecule has 2 aliphatic rings. The number of ether oxygens (including phenoxy) is 1. The number of rotatable bonds is 3. The molecule has 4 amide bonds. The van der Waals surface area contributed by atoms with Crippen molar-refractivity contribution in [3.05, 3.63) is 41.2 Å². The molecule has 3 heterocycles. The number of carbonyl (C=O) groups is 3. The number of fused-ring (bicyclic) bond motifs is 2. The van der Waals surface area contributed by atoms with Gasteiger partial charge in [-0.2, -0.15) is 5.10 Å². The van der Waals surface area contributed by atoms with Crippen LogP contribution in [0.15, 0.2) is 24.3 Å². The van der Waals surface area contributed by atoms with Gasteiger partial charge in [0.25, 0.3) is 5.91 Å². The van der Waals surface area contributed by atoms with E-state index < -0.39 is 23.4 Å². The van der Waals surface area contributed by atoms with Crippen molar-refractivity contribution in [2.45, 2.75) is 25.8 Å².